The molecule has 4 rings (SSSR count). The lowest BCUT2D eigenvalue weighted by atomic mass is 9.90. The quantitative estimate of drug-likeness (QED) is 0.567. The number of nitrogens with two attached hydrogens (primary N) is 1. The highest BCUT2D eigenvalue weighted by molar-refractivity contribution is 5.89. The van der Waals surface area contributed by atoms with E-state index in [1.54, 1.807) is 12.1 Å². The Morgan fingerprint density at radius 1 is 1.18 bits per heavy atom. The molecule has 5 atom stereocenters. The number of piperidine rings is 1. The van der Waals surface area contributed by atoms with Crippen LogP contribution in [-0.4, -0.2) is 72.2 Å². The SMILES string of the molecule is NC(=O)C1CCN([C@H]2[C@@H]3OC[C@H](O3)[C@H](NC(=O)Nc3ccccc3)[C@@H]2O)CC1. The minimum Gasteiger partial charge on any atom is -0.389 e. The Morgan fingerprint density at radius 3 is 2.57 bits per heavy atom. The molecule has 2 bridgehead atoms. The van der Waals surface area contributed by atoms with Gasteiger partial charge in [-0.3, -0.25) is 9.69 Å². The second kappa shape index (κ2) is 8.04. The van der Waals surface area contributed by atoms with Crippen LogP contribution in [0.4, 0.5) is 10.5 Å². The van der Waals surface area contributed by atoms with Gasteiger partial charge in [-0.25, -0.2) is 4.79 Å². The van der Waals surface area contributed by atoms with Crippen molar-refractivity contribution in [3.8, 4) is 0 Å². The van der Waals surface area contributed by atoms with Crippen LogP contribution in [0.5, 0.6) is 0 Å². The molecule has 28 heavy (non-hydrogen) atoms. The standard InChI is InChI=1S/C19H26N4O5/c20-17(25)11-6-8-23(9-7-11)15-16(24)14(13-10-27-18(15)28-13)22-19(26)21-12-4-2-1-3-5-12/h1-5,11,13-16,18,24H,6-10H2,(H2,20,25)(H2,21,22,26)/t13-,14-,15+,16-,18+/m0/s1. The first kappa shape index (κ1) is 19.1. The van der Waals surface area contributed by atoms with Crippen molar-refractivity contribution in [2.75, 3.05) is 25.0 Å². The summed E-state index contributed by atoms with van der Waals surface area (Å²) in [7, 11) is 0. The number of amides is 3. The van der Waals surface area contributed by atoms with Gasteiger partial charge in [-0.2, -0.15) is 0 Å². The van der Waals surface area contributed by atoms with Gasteiger partial charge >= 0.3 is 6.03 Å². The smallest absolute Gasteiger partial charge is 0.319 e. The second-order valence-corrected chi connectivity index (χ2v) is 7.56. The van der Waals surface area contributed by atoms with Gasteiger partial charge < -0.3 is 30.9 Å². The molecule has 3 aliphatic heterocycles. The summed E-state index contributed by atoms with van der Waals surface area (Å²) in [5.41, 5.74) is 6.07. The number of nitrogens with one attached hydrogen (secondary N) is 2. The predicted octanol–water partition coefficient (Wildman–Crippen LogP) is -0.141. The Labute approximate surface area is 163 Å². The number of primary amides is 1. The van der Waals surface area contributed by atoms with Crippen LogP contribution >= 0.6 is 0 Å². The maximum Gasteiger partial charge on any atom is 0.319 e. The number of aliphatic hydroxyl groups is 1. The van der Waals surface area contributed by atoms with E-state index in [4.69, 9.17) is 15.2 Å². The monoisotopic (exact) mass is 390 g/mol. The summed E-state index contributed by atoms with van der Waals surface area (Å²) in [6.07, 6.45) is -0.512. The van der Waals surface area contributed by atoms with Crippen LogP contribution in [0.2, 0.25) is 0 Å². The Morgan fingerprint density at radius 2 is 1.89 bits per heavy atom. The lowest BCUT2D eigenvalue weighted by molar-refractivity contribution is -0.184. The first-order chi connectivity index (χ1) is 13.5. The van der Waals surface area contributed by atoms with Crippen molar-refractivity contribution < 1.29 is 24.2 Å². The minimum atomic E-state index is -0.849. The van der Waals surface area contributed by atoms with Crippen molar-refractivity contribution in [2.24, 2.45) is 11.7 Å². The van der Waals surface area contributed by atoms with Gasteiger partial charge in [0.25, 0.3) is 0 Å². The van der Waals surface area contributed by atoms with E-state index in [1.165, 1.54) is 0 Å². The molecule has 3 saturated heterocycles. The fourth-order valence-corrected chi connectivity index (χ4v) is 4.29. The summed E-state index contributed by atoms with van der Waals surface area (Å²) in [4.78, 5) is 25.9. The van der Waals surface area contributed by atoms with Crippen LogP contribution < -0.4 is 16.4 Å². The summed E-state index contributed by atoms with van der Waals surface area (Å²) >= 11 is 0. The number of ether oxygens (including phenoxy) is 2. The van der Waals surface area contributed by atoms with Crippen LogP contribution in [0.25, 0.3) is 0 Å². The zero-order chi connectivity index (χ0) is 19.7. The highest BCUT2D eigenvalue weighted by atomic mass is 16.7. The topological polar surface area (TPSA) is 126 Å². The minimum absolute atomic E-state index is 0.138. The third-order valence-electron chi connectivity index (χ3n) is 5.81. The number of para-hydroxylation sites is 1. The Kier molecular flexibility index (Phi) is 5.49. The first-order valence-electron chi connectivity index (χ1n) is 9.64. The number of anilines is 1. The number of hydrogen-bond acceptors (Lipinski definition) is 6. The number of carbonyl (C=O) groups is 2. The molecule has 9 nitrogen and oxygen atoms in total. The molecule has 0 aliphatic carbocycles. The predicted molar refractivity (Wildman–Crippen MR) is 100 cm³/mol. The molecule has 0 aromatic heterocycles. The molecule has 152 valence electrons. The van der Waals surface area contributed by atoms with Gasteiger partial charge in [0.1, 0.15) is 6.10 Å². The third-order valence-corrected chi connectivity index (χ3v) is 5.81. The zero-order valence-electron chi connectivity index (χ0n) is 15.5. The van der Waals surface area contributed by atoms with Crippen LogP contribution in [0.1, 0.15) is 12.8 Å². The molecule has 0 spiro atoms. The van der Waals surface area contributed by atoms with Crippen molar-refractivity contribution in [3.63, 3.8) is 0 Å². The van der Waals surface area contributed by atoms with Gasteiger partial charge in [-0.05, 0) is 38.1 Å². The van der Waals surface area contributed by atoms with Crippen LogP contribution in [0, 0.1) is 5.92 Å². The summed E-state index contributed by atoms with van der Waals surface area (Å²) in [5, 5.41) is 16.6. The van der Waals surface area contributed by atoms with E-state index in [9.17, 15) is 14.7 Å². The van der Waals surface area contributed by atoms with Gasteiger partial charge in [0, 0.05) is 11.6 Å². The Balaban J connectivity index is 1.41. The molecule has 9 heteroatoms. The van der Waals surface area contributed by atoms with Crippen molar-refractivity contribution in [3.05, 3.63) is 30.3 Å². The average Bonchev–Trinajstić information content (AvgIpc) is 3.12. The molecule has 5 N–H and O–H groups in total. The van der Waals surface area contributed by atoms with Crippen LogP contribution in [0.15, 0.2) is 30.3 Å². The van der Waals surface area contributed by atoms with Crippen molar-refractivity contribution in [1.29, 1.82) is 0 Å². The molecule has 3 amide bonds. The average molecular weight is 390 g/mol. The molecule has 0 saturated carbocycles. The molecule has 3 heterocycles. The van der Waals surface area contributed by atoms with Gasteiger partial charge in [0.15, 0.2) is 6.29 Å². The molecule has 1 aromatic carbocycles. The van der Waals surface area contributed by atoms with Gasteiger partial charge in [-0.1, -0.05) is 18.2 Å². The molecule has 3 fully saturated rings. The fourth-order valence-electron chi connectivity index (χ4n) is 4.29. The normalized spacial score (nSPS) is 33.4. The van der Waals surface area contributed by atoms with E-state index in [0.717, 1.165) is 0 Å². The van der Waals surface area contributed by atoms with Crippen LogP contribution in [-0.2, 0) is 14.3 Å². The number of rotatable bonds is 4. The molecule has 0 radical (unpaired) electrons. The van der Waals surface area contributed by atoms with E-state index in [0.29, 0.717) is 38.2 Å². The fraction of sp³-hybridized carbons (Fsp3) is 0.579. The van der Waals surface area contributed by atoms with Crippen molar-refractivity contribution in [2.45, 2.75) is 43.4 Å². The largest absolute Gasteiger partial charge is 0.389 e. The van der Waals surface area contributed by atoms with Crippen molar-refractivity contribution >= 4 is 17.6 Å². The number of nitrogens with zero attached hydrogens (tertiary/aromatic N) is 1. The molecular formula is C19H26N4O5. The number of fused-ring (bicyclic) bond motifs is 2. The second-order valence-electron chi connectivity index (χ2n) is 7.56. The Hall–Kier alpha value is -2.20. The number of carbonyl (C=O) groups excluding carboxylic acids is 2. The maximum atomic E-state index is 12.4. The summed E-state index contributed by atoms with van der Waals surface area (Å²) in [6.45, 7) is 1.55. The highest BCUT2D eigenvalue weighted by Crippen LogP contribution is 2.33. The van der Waals surface area contributed by atoms with E-state index in [-0.39, 0.29) is 11.8 Å². The third kappa shape index (κ3) is 3.83. The molecule has 0 unspecified atom stereocenters. The molecular weight excluding hydrogens is 364 g/mol. The number of urea groups is 1. The van der Waals surface area contributed by atoms with E-state index in [2.05, 4.69) is 15.5 Å². The highest BCUT2D eigenvalue weighted by Gasteiger charge is 2.53. The summed E-state index contributed by atoms with van der Waals surface area (Å²) in [5.74, 6) is -0.421. The number of likely N-dealkylation sites (tertiary alicyclic amines) is 1. The van der Waals surface area contributed by atoms with Crippen LogP contribution in [0.3, 0.4) is 0 Å². The molecule has 1 aromatic rings. The Bertz CT molecular complexity index is 710. The summed E-state index contributed by atoms with van der Waals surface area (Å²) in [6, 6.07) is 7.68. The summed E-state index contributed by atoms with van der Waals surface area (Å²) < 4.78 is 11.6. The number of hydrogen-bond donors (Lipinski definition) is 4. The first-order valence-corrected chi connectivity index (χ1v) is 9.64. The van der Waals surface area contributed by atoms with Gasteiger partial charge in [-0.15, -0.1) is 0 Å². The number of aliphatic hydroxyl groups excluding tert-OH is 1. The zero-order valence-corrected chi connectivity index (χ0v) is 15.5. The lowest BCUT2D eigenvalue weighted by Crippen LogP contribution is -2.66. The van der Waals surface area contributed by atoms with Gasteiger partial charge in [0.2, 0.25) is 5.91 Å². The maximum absolute atomic E-state index is 12.4. The number of benzene rings is 1. The molecule has 3 aliphatic rings. The van der Waals surface area contributed by atoms with Gasteiger partial charge in [0.05, 0.1) is 24.8 Å². The van der Waals surface area contributed by atoms with Crippen molar-refractivity contribution in [1.82, 2.24) is 10.2 Å². The van der Waals surface area contributed by atoms with E-state index in [1.807, 2.05) is 18.2 Å². The lowest BCUT2D eigenvalue weighted by Gasteiger charge is -2.45. The van der Waals surface area contributed by atoms with E-state index >= 15 is 0 Å². The van der Waals surface area contributed by atoms with E-state index < -0.39 is 36.6 Å².